The molecule has 1 saturated heterocycles. The highest BCUT2D eigenvalue weighted by atomic mass is 35.5. The van der Waals surface area contributed by atoms with Gasteiger partial charge in [-0.25, -0.2) is 4.98 Å². The van der Waals surface area contributed by atoms with Gasteiger partial charge in [0.05, 0.1) is 12.9 Å². The van der Waals surface area contributed by atoms with Gasteiger partial charge < -0.3 is 19.9 Å². The lowest BCUT2D eigenvalue weighted by Gasteiger charge is -2.37. The number of imidazole rings is 1. The van der Waals surface area contributed by atoms with Gasteiger partial charge in [-0.15, -0.1) is 0 Å². The van der Waals surface area contributed by atoms with Crippen LogP contribution in [0.3, 0.4) is 0 Å². The van der Waals surface area contributed by atoms with E-state index in [1.165, 1.54) is 0 Å². The van der Waals surface area contributed by atoms with Crippen molar-refractivity contribution in [2.24, 2.45) is 0 Å². The summed E-state index contributed by atoms with van der Waals surface area (Å²) in [4.78, 5) is 24.4. The van der Waals surface area contributed by atoms with E-state index in [0.717, 1.165) is 17.8 Å². The van der Waals surface area contributed by atoms with E-state index in [1.807, 2.05) is 91.0 Å². The Kier molecular flexibility index (Phi) is 9.34. The normalized spacial score (nSPS) is 20.0. The maximum absolute atomic E-state index is 13.7. The second kappa shape index (κ2) is 13.4. The van der Waals surface area contributed by atoms with Crippen molar-refractivity contribution in [3.63, 3.8) is 0 Å². The predicted octanol–water partition coefficient (Wildman–Crippen LogP) is 5.13. The van der Waals surface area contributed by atoms with E-state index in [-0.39, 0.29) is 22.3 Å². The maximum atomic E-state index is 13.7. The van der Waals surface area contributed by atoms with E-state index in [0.29, 0.717) is 16.7 Å². The number of ether oxygens (including phenoxy) is 3. The summed E-state index contributed by atoms with van der Waals surface area (Å²) >= 11 is 6.17. The molecule has 17 heteroatoms. The standard InChI is InChI=1S/C32H27ClF3N5O7S/c1-19(42)46-25-23(17-45-31(20-11-5-2-6-12-20,21-13-7-3-8-14-21)22-15-9-4-10-16-22)47-29(26(25)48-49(43,44)32(34,35)36)41-18-38-24-27(33)39-30(37)40-28(24)41/h2-16,18,23,25-26,29H,17H2,1H3,(H2,37,39,40)/t23-,25-,26-,29-/m1/s1. The third-order valence-electron chi connectivity index (χ3n) is 7.78. The maximum Gasteiger partial charge on any atom is 0.523 e. The van der Waals surface area contributed by atoms with Crippen LogP contribution in [0.2, 0.25) is 5.15 Å². The molecule has 0 aliphatic carbocycles. The number of nitrogen functional groups attached to an aromatic ring is 1. The number of rotatable bonds is 10. The van der Waals surface area contributed by atoms with Crippen LogP contribution in [0.5, 0.6) is 0 Å². The number of carbonyl (C=O) groups is 1. The van der Waals surface area contributed by atoms with Gasteiger partial charge in [0.15, 0.2) is 29.2 Å². The zero-order chi connectivity index (χ0) is 35.0. The highest BCUT2D eigenvalue weighted by molar-refractivity contribution is 7.87. The summed E-state index contributed by atoms with van der Waals surface area (Å²) < 4.78 is 90.3. The van der Waals surface area contributed by atoms with Crippen molar-refractivity contribution in [2.75, 3.05) is 12.3 Å². The van der Waals surface area contributed by atoms with Crippen LogP contribution < -0.4 is 5.73 Å². The Balaban J connectivity index is 1.48. The molecule has 2 N–H and O–H groups in total. The second-order valence-electron chi connectivity index (χ2n) is 10.9. The first-order chi connectivity index (χ1) is 23.3. The van der Waals surface area contributed by atoms with Crippen molar-refractivity contribution >= 4 is 44.8 Å². The average molecular weight is 718 g/mol. The largest absolute Gasteiger partial charge is 0.523 e. The van der Waals surface area contributed by atoms with Crippen molar-refractivity contribution in [2.45, 2.75) is 42.6 Å². The van der Waals surface area contributed by atoms with Crippen molar-refractivity contribution in [3.8, 4) is 0 Å². The summed E-state index contributed by atoms with van der Waals surface area (Å²) in [7, 11) is -6.27. The lowest BCUT2D eigenvalue weighted by atomic mass is 9.80. The number of aromatic nitrogens is 4. The van der Waals surface area contributed by atoms with Crippen molar-refractivity contribution in [3.05, 3.63) is 119 Å². The monoisotopic (exact) mass is 717 g/mol. The number of nitrogens with zero attached hydrogens (tertiary/aromatic N) is 4. The molecule has 5 aromatic rings. The van der Waals surface area contributed by atoms with E-state index < -0.39 is 58.3 Å². The number of hydrogen-bond donors (Lipinski definition) is 1. The van der Waals surface area contributed by atoms with Crippen LogP contribution in [0.25, 0.3) is 11.2 Å². The number of anilines is 1. The third kappa shape index (κ3) is 6.57. The lowest BCUT2D eigenvalue weighted by molar-refractivity contribution is -0.155. The number of benzene rings is 3. The summed E-state index contributed by atoms with van der Waals surface area (Å²) in [6, 6.07) is 27.4. The number of alkyl halides is 3. The molecule has 0 bridgehead atoms. The molecule has 0 unspecified atom stereocenters. The van der Waals surface area contributed by atoms with Crippen molar-refractivity contribution < 1.29 is 44.8 Å². The molecule has 49 heavy (non-hydrogen) atoms. The number of nitrogens with two attached hydrogens (primary N) is 1. The van der Waals surface area contributed by atoms with Crippen molar-refractivity contribution in [1.82, 2.24) is 19.5 Å². The molecule has 0 radical (unpaired) electrons. The van der Waals surface area contributed by atoms with Gasteiger partial charge in [-0.05, 0) is 16.7 Å². The minimum atomic E-state index is -6.27. The van der Waals surface area contributed by atoms with E-state index >= 15 is 0 Å². The minimum absolute atomic E-state index is 0.0168. The van der Waals surface area contributed by atoms with Crippen LogP contribution in [0, 0.1) is 0 Å². The fraction of sp³-hybridized carbons (Fsp3) is 0.250. The van der Waals surface area contributed by atoms with Crippen LogP contribution in [0.1, 0.15) is 29.8 Å². The molecule has 256 valence electrons. The number of esters is 1. The van der Waals surface area contributed by atoms with Gasteiger partial charge >= 0.3 is 21.6 Å². The van der Waals surface area contributed by atoms with Crippen LogP contribution in [-0.4, -0.2) is 64.3 Å². The summed E-state index contributed by atoms with van der Waals surface area (Å²) in [5, 5.41) is -0.186. The first kappa shape index (κ1) is 34.3. The zero-order valence-corrected chi connectivity index (χ0v) is 27.0. The molecule has 3 heterocycles. The summed E-state index contributed by atoms with van der Waals surface area (Å²) in [6.45, 7) is 0.548. The Labute approximate surface area is 282 Å². The molecule has 1 aliphatic rings. The van der Waals surface area contributed by atoms with E-state index in [1.54, 1.807) is 0 Å². The molecule has 1 aliphatic heterocycles. The number of halogens is 4. The molecule has 0 spiro atoms. The van der Waals surface area contributed by atoms with E-state index in [9.17, 15) is 26.4 Å². The summed E-state index contributed by atoms with van der Waals surface area (Å²) in [5.41, 5.74) is 0.519. The van der Waals surface area contributed by atoms with Gasteiger partial charge in [-0.2, -0.15) is 31.6 Å². The van der Waals surface area contributed by atoms with E-state index in [2.05, 4.69) is 15.0 Å². The van der Waals surface area contributed by atoms with Gasteiger partial charge in [-0.3, -0.25) is 13.5 Å². The lowest BCUT2D eigenvalue weighted by Crippen LogP contribution is -2.44. The second-order valence-corrected chi connectivity index (χ2v) is 12.8. The average Bonchev–Trinajstić information content (AvgIpc) is 3.63. The Hall–Kier alpha value is -4.61. The molecule has 2 aromatic heterocycles. The molecular weight excluding hydrogens is 691 g/mol. The fourth-order valence-electron chi connectivity index (χ4n) is 5.76. The Morgan fingerprint density at radius 1 is 0.918 bits per heavy atom. The number of fused-ring (bicyclic) bond motifs is 1. The zero-order valence-electron chi connectivity index (χ0n) is 25.4. The minimum Gasteiger partial charge on any atom is -0.457 e. The van der Waals surface area contributed by atoms with Gasteiger partial charge in [0.2, 0.25) is 5.95 Å². The Morgan fingerprint density at radius 2 is 1.45 bits per heavy atom. The van der Waals surface area contributed by atoms with Gasteiger partial charge in [0.25, 0.3) is 0 Å². The van der Waals surface area contributed by atoms with Gasteiger partial charge in [-0.1, -0.05) is 103 Å². The van der Waals surface area contributed by atoms with Gasteiger partial charge in [0.1, 0.15) is 17.2 Å². The van der Waals surface area contributed by atoms with Crippen LogP contribution >= 0.6 is 11.6 Å². The Bertz CT molecular complexity index is 1960. The smallest absolute Gasteiger partial charge is 0.457 e. The van der Waals surface area contributed by atoms with Crippen LogP contribution in [0.15, 0.2) is 97.3 Å². The van der Waals surface area contributed by atoms with Crippen molar-refractivity contribution in [1.29, 1.82) is 0 Å². The summed E-state index contributed by atoms with van der Waals surface area (Å²) in [6.07, 6.45) is -5.93. The molecule has 6 rings (SSSR count). The van der Waals surface area contributed by atoms with E-state index in [4.69, 9.17) is 35.7 Å². The molecular formula is C32H27ClF3N5O7S. The fourth-order valence-corrected chi connectivity index (χ4v) is 6.59. The topological polar surface area (TPSA) is 158 Å². The molecule has 1 fully saturated rings. The molecule has 3 aromatic carbocycles. The number of carbonyl (C=O) groups excluding carboxylic acids is 1. The summed E-state index contributed by atoms with van der Waals surface area (Å²) in [5.74, 6) is -1.27. The first-order valence-electron chi connectivity index (χ1n) is 14.6. The highest BCUT2D eigenvalue weighted by Crippen LogP contribution is 2.44. The SMILES string of the molecule is CC(=O)O[C@H]1[C@@H](OS(=O)(=O)C(F)(F)F)[C@H](n2cnc3c(Cl)nc(N)nc32)O[C@@H]1COC(c1ccccc1)(c1ccccc1)c1ccccc1. The predicted molar refractivity (Wildman–Crippen MR) is 169 cm³/mol. The molecule has 0 saturated carbocycles. The quantitative estimate of drug-likeness (QED) is 0.0671. The Morgan fingerprint density at radius 3 is 1.94 bits per heavy atom. The van der Waals surface area contributed by atoms with Gasteiger partial charge in [0, 0.05) is 6.92 Å². The molecule has 0 amide bonds. The van der Waals surface area contributed by atoms with Crippen LogP contribution in [-0.2, 0) is 38.9 Å². The third-order valence-corrected chi connectivity index (χ3v) is 9.09. The van der Waals surface area contributed by atoms with Crippen LogP contribution in [0.4, 0.5) is 19.1 Å². The first-order valence-corrected chi connectivity index (χ1v) is 16.4. The number of hydrogen-bond acceptors (Lipinski definition) is 11. The molecule has 12 nitrogen and oxygen atoms in total. The molecule has 4 atom stereocenters. The highest BCUT2D eigenvalue weighted by Gasteiger charge is 2.57.